The lowest BCUT2D eigenvalue weighted by Crippen LogP contribution is -2.49. The van der Waals surface area contributed by atoms with Crippen LogP contribution in [0.15, 0.2) is 0 Å². The van der Waals surface area contributed by atoms with E-state index in [-0.39, 0.29) is 11.5 Å². The van der Waals surface area contributed by atoms with E-state index in [9.17, 15) is 5.11 Å². The molecule has 0 aromatic rings. The van der Waals surface area contributed by atoms with Crippen LogP contribution < -0.4 is 5.73 Å². The third-order valence-electron chi connectivity index (χ3n) is 5.43. The maximum Gasteiger partial charge on any atom is 0.0636 e. The van der Waals surface area contributed by atoms with Crippen LogP contribution in [0, 0.1) is 17.3 Å². The minimum absolute atomic E-state index is 0.0648. The second-order valence-electron chi connectivity index (χ2n) is 6.43. The monoisotopic (exact) mass is 239 g/mol. The second-order valence-corrected chi connectivity index (χ2v) is 6.43. The predicted octanol–water partition coefficient (Wildman–Crippen LogP) is 3.08. The van der Waals surface area contributed by atoms with Crippen molar-refractivity contribution in [1.29, 1.82) is 0 Å². The van der Waals surface area contributed by atoms with Crippen molar-refractivity contribution in [1.82, 2.24) is 0 Å². The summed E-state index contributed by atoms with van der Waals surface area (Å²) in [6.45, 7) is 2.96. The maximum absolute atomic E-state index is 10.6. The molecule has 1 atom stereocenters. The quantitative estimate of drug-likeness (QED) is 0.774. The van der Waals surface area contributed by atoms with Crippen LogP contribution in [0.5, 0.6) is 0 Å². The standard InChI is InChI=1S/C15H29NO/c1-2-4-12-7-9-15(11-16,10-8-12)14(17)13-5-3-6-13/h12-14,17H,2-11,16H2,1H3. The molecule has 0 spiro atoms. The molecule has 0 aromatic carbocycles. The van der Waals surface area contributed by atoms with Crippen LogP contribution in [-0.2, 0) is 0 Å². The first-order chi connectivity index (χ1) is 8.22. The molecule has 2 nitrogen and oxygen atoms in total. The molecular formula is C15H29NO. The van der Waals surface area contributed by atoms with Crippen LogP contribution in [-0.4, -0.2) is 17.8 Å². The van der Waals surface area contributed by atoms with Gasteiger partial charge in [-0.05, 0) is 50.4 Å². The Morgan fingerprint density at radius 2 is 1.88 bits per heavy atom. The number of hydrogen-bond donors (Lipinski definition) is 2. The number of hydrogen-bond acceptors (Lipinski definition) is 2. The largest absolute Gasteiger partial charge is 0.392 e. The fourth-order valence-corrected chi connectivity index (χ4v) is 3.83. The molecule has 2 rings (SSSR count). The summed E-state index contributed by atoms with van der Waals surface area (Å²) in [4.78, 5) is 0. The molecule has 2 aliphatic carbocycles. The lowest BCUT2D eigenvalue weighted by molar-refractivity contribution is -0.0657. The van der Waals surface area contributed by atoms with Crippen molar-refractivity contribution < 1.29 is 5.11 Å². The first-order valence-electron chi connectivity index (χ1n) is 7.60. The van der Waals surface area contributed by atoms with Crippen molar-refractivity contribution in [3.8, 4) is 0 Å². The Morgan fingerprint density at radius 3 is 2.29 bits per heavy atom. The molecule has 2 fully saturated rings. The van der Waals surface area contributed by atoms with Gasteiger partial charge in [0.25, 0.3) is 0 Å². The highest BCUT2D eigenvalue weighted by atomic mass is 16.3. The van der Waals surface area contributed by atoms with E-state index >= 15 is 0 Å². The van der Waals surface area contributed by atoms with Gasteiger partial charge in [-0.1, -0.05) is 26.2 Å². The SMILES string of the molecule is CCCC1CCC(CN)(C(O)C2CCC2)CC1. The zero-order chi connectivity index (χ0) is 12.3. The molecule has 0 aromatic heterocycles. The summed E-state index contributed by atoms with van der Waals surface area (Å²) in [5, 5.41) is 10.6. The zero-order valence-electron chi connectivity index (χ0n) is 11.3. The Kier molecular flexibility index (Phi) is 4.48. The number of nitrogens with two attached hydrogens (primary N) is 1. The van der Waals surface area contributed by atoms with Crippen molar-refractivity contribution in [2.24, 2.45) is 23.0 Å². The predicted molar refractivity (Wildman–Crippen MR) is 71.7 cm³/mol. The number of aliphatic hydroxyl groups excluding tert-OH is 1. The Labute approximate surface area is 106 Å². The number of rotatable bonds is 5. The van der Waals surface area contributed by atoms with E-state index in [2.05, 4.69) is 6.92 Å². The van der Waals surface area contributed by atoms with Crippen molar-refractivity contribution in [2.45, 2.75) is 70.8 Å². The molecule has 100 valence electrons. The molecule has 2 aliphatic rings. The van der Waals surface area contributed by atoms with Gasteiger partial charge in [-0.2, -0.15) is 0 Å². The second kappa shape index (κ2) is 5.71. The fourth-order valence-electron chi connectivity index (χ4n) is 3.83. The highest BCUT2D eigenvalue weighted by molar-refractivity contribution is 4.96. The summed E-state index contributed by atoms with van der Waals surface area (Å²) in [6, 6.07) is 0. The molecule has 0 radical (unpaired) electrons. The summed E-state index contributed by atoms with van der Waals surface area (Å²) in [5.41, 5.74) is 6.08. The van der Waals surface area contributed by atoms with Gasteiger partial charge in [0.05, 0.1) is 6.10 Å². The number of aliphatic hydroxyl groups is 1. The van der Waals surface area contributed by atoms with Gasteiger partial charge in [0, 0.05) is 12.0 Å². The van der Waals surface area contributed by atoms with E-state index in [1.807, 2.05) is 0 Å². The van der Waals surface area contributed by atoms with Gasteiger partial charge in [-0.25, -0.2) is 0 Å². The lowest BCUT2D eigenvalue weighted by Gasteiger charge is -2.47. The molecule has 0 saturated heterocycles. The molecule has 0 amide bonds. The molecule has 2 heteroatoms. The molecule has 17 heavy (non-hydrogen) atoms. The molecule has 0 aliphatic heterocycles. The third kappa shape index (κ3) is 2.68. The molecule has 1 unspecified atom stereocenters. The van der Waals surface area contributed by atoms with E-state index in [0.29, 0.717) is 12.5 Å². The lowest BCUT2D eigenvalue weighted by atomic mass is 9.61. The van der Waals surface area contributed by atoms with Gasteiger partial charge in [-0.15, -0.1) is 0 Å². The minimum Gasteiger partial charge on any atom is -0.392 e. The smallest absolute Gasteiger partial charge is 0.0636 e. The highest BCUT2D eigenvalue weighted by Crippen LogP contribution is 2.47. The van der Waals surface area contributed by atoms with E-state index in [4.69, 9.17) is 5.73 Å². The van der Waals surface area contributed by atoms with Crippen LogP contribution in [0.2, 0.25) is 0 Å². The van der Waals surface area contributed by atoms with Crippen LogP contribution in [0.25, 0.3) is 0 Å². The van der Waals surface area contributed by atoms with E-state index < -0.39 is 0 Å². The van der Waals surface area contributed by atoms with E-state index in [1.54, 1.807) is 0 Å². The maximum atomic E-state index is 10.6. The summed E-state index contributed by atoms with van der Waals surface area (Å²) < 4.78 is 0. The van der Waals surface area contributed by atoms with Crippen LogP contribution in [0.4, 0.5) is 0 Å². The zero-order valence-corrected chi connectivity index (χ0v) is 11.3. The molecule has 0 bridgehead atoms. The highest BCUT2D eigenvalue weighted by Gasteiger charge is 2.44. The summed E-state index contributed by atoms with van der Waals surface area (Å²) in [6.07, 6.45) is 11.2. The van der Waals surface area contributed by atoms with Gasteiger partial charge < -0.3 is 10.8 Å². The Hall–Kier alpha value is -0.0800. The Balaban J connectivity index is 1.92. The molecule has 3 N–H and O–H groups in total. The van der Waals surface area contributed by atoms with Crippen LogP contribution in [0.3, 0.4) is 0 Å². The van der Waals surface area contributed by atoms with Crippen molar-refractivity contribution in [2.75, 3.05) is 6.54 Å². The third-order valence-corrected chi connectivity index (χ3v) is 5.43. The normalized spacial score (nSPS) is 36.5. The summed E-state index contributed by atoms with van der Waals surface area (Å²) in [7, 11) is 0. The molecular weight excluding hydrogens is 210 g/mol. The van der Waals surface area contributed by atoms with Gasteiger partial charge in [0.2, 0.25) is 0 Å². The van der Waals surface area contributed by atoms with Crippen LogP contribution >= 0.6 is 0 Å². The minimum atomic E-state index is -0.121. The van der Waals surface area contributed by atoms with Crippen molar-refractivity contribution in [3.05, 3.63) is 0 Å². The van der Waals surface area contributed by atoms with E-state index in [1.165, 1.54) is 44.9 Å². The first kappa shape index (κ1) is 13.4. The van der Waals surface area contributed by atoms with Gasteiger partial charge in [-0.3, -0.25) is 0 Å². The van der Waals surface area contributed by atoms with Crippen molar-refractivity contribution in [3.63, 3.8) is 0 Å². The molecule has 0 heterocycles. The van der Waals surface area contributed by atoms with Gasteiger partial charge in [0.15, 0.2) is 0 Å². The van der Waals surface area contributed by atoms with Crippen molar-refractivity contribution >= 4 is 0 Å². The van der Waals surface area contributed by atoms with Crippen LogP contribution in [0.1, 0.15) is 64.7 Å². The average Bonchev–Trinajstić information content (AvgIpc) is 2.28. The summed E-state index contributed by atoms with van der Waals surface area (Å²) in [5.74, 6) is 1.45. The van der Waals surface area contributed by atoms with Gasteiger partial charge in [0.1, 0.15) is 0 Å². The Bertz CT molecular complexity index is 229. The first-order valence-corrected chi connectivity index (χ1v) is 7.60. The fraction of sp³-hybridized carbons (Fsp3) is 1.00. The average molecular weight is 239 g/mol. The van der Waals surface area contributed by atoms with Gasteiger partial charge >= 0.3 is 0 Å². The van der Waals surface area contributed by atoms with E-state index in [0.717, 1.165) is 18.8 Å². The summed E-state index contributed by atoms with van der Waals surface area (Å²) >= 11 is 0. The molecule has 2 saturated carbocycles. The Morgan fingerprint density at radius 1 is 1.24 bits per heavy atom. The topological polar surface area (TPSA) is 46.2 Å².